The SMILES string of the molecule is CCOC(=O)C1=C(CNc2cccc(C)c2)NC(=O)NC1C. The lowest BCUT2D eigenvalue weighted by Crippen LogP contribution is -2.50. The highest BCUT2D eigenvalue weighted by molar-refractivity contribution is 5.94. The fraction of sp³-hybridized carbons (Fsp3) is 0.375. The maximum atomic E-state index is 12.1. The molecule has 1 unspecified atom stereocenters. The van der Waals surface area contributed by atoms with Crippen molar-refractivity contribution in [3.05, 3.63) is 41.1 Å². The van der Waals surface area contributed by atoms with Crippen molar-refractivity contribution in [1.82, 2.24) is 10.6 Å². The van der Waals surface area contributed by atoms with Crippen molar-refractivity contribution in [3.8, 4) is 0 Å². The Morgan fingerprint density at radius 1 is 1.41 bits per heavy atom. The Hall–Kier alpha value is -2.50. The molecule has 3 N–H and O–H groups in total. The van der Waals surface area contributed by atoms with E-state index in [2.05, 4.69) is 16.0 Å². The van der Waals surface area contributed by atoms with Gasteiger partial charge in [0.25, 0.3) is 0 Å². The lowest BCUT2D eigenvalue weighted by Gasteiger charge is -2.27. The largest absolute Gasteiger partial charge is 0.463 e. The highest BCUT2D eigenvalue weighted by Crippen LogP contribution is 2.16. The minimum atomic E-state index is -0.413. The summed E-state index contributed by atoms with van der Waals surface area (Å²) in [6.07, 6.45) is 0. The minimum Gasteiger partial charge on any atom is -0.463 e. The summed E-state index contributed by atoms with van der Waals surface area (Å²) in [5, 5.41) is 8.57. The van der Waals surface area contributed by atoms with Crippen molar-refractivity contribution in [3.63, 3.8) is 0 Å². The lowest BCUT2D eigenvalue weighted by atomic mass is 10.0. The normalized spacial score (nSPS) is 17.6. The zero-order valence-electron chi connectivity index (χ0n) is 13.0. The van der Waals surface area contributed by atoms with Gasteiger partial charge in [-0.15, -0.1) is 0 Å². The highest BCUT2D eigenvalue weighted by Gasteiger charge is 2.29. The molecule has 0 aliphatic carbocycles. The molecule has 6 nitrogen and oxygen atoms in total. The molecule has 0 radical (unpaired) electrons. The van der Waals surface area contributed by atoms with E-state index in [-0.39, 0.29) is 12.1 Å². The molecular formula is C16H21N3O3. The number of hydrogen-bond donors (Lipinski definition) is 3. The molecule has 1 heterocycles. The zero-order chi connectivity index (χ0) is 16.1. The number of amides is 2. The number of aryl methyl sites for hydroxylation is 1. The van der Waals surface area contributed by atoms with Crippen molar-refractivity contribution < 1.29 is 14.3 Å². The molecule has 0 bridgehead atoms. The van der Waals surface area contributed by atoms with Crippen LogP contribution in [0.5, 0.6) is 0 Å². The van der Waals surface area contributed by atoms with Crippen LogP contribution >= 0.6 is 0 Å². The first kappa shape index (κ1) is 15.9. The smallest absolute Gasteiger partial charge is 0.337 e. The maximum Gasteiger partial charge on any atom is 0.337 e. The molecule has 1 aromatic rings. The van der Waals surface area contributed by atoms with E-state index in [0.29, 0.717) is 24.4 Å². The molecule has 22 heavy (non-hydrogen) atoms. The van der Waals surface area contributed by atoms with E-state index < -0.39 is 5.97 Å². The number of rotatable bonds is 5. The summed E-state index contributed by atoms with van der Waals surface area (Å²) in [4.78, 5) is 23.7. The molecule has 1 aromatic carbocycles. The standard InChI is InChI=1S/C16H21N3O3/c1-4-22-15(20)14-11(3)18-16(21)19-13(14)9-17-12-7-5-6-10(2)8-12/h5-8,11,17H,4,9H2,1-3H3,(H2,18,19,21). The van der Waals surface area contributed by atoms with Gasteiger partial charge in [-0.3, -0.25) is 0 Å². The second-order valence-electron chi connectivity index (χ2n) is 5.16. The van der Waals surface area contributed by atoms with Crippen LogP contribution in [-0.2, 0) is 9.53 Å². The van der Waals surface area contributed by atoms with Crippen LogP contribution in [0.25, 0.3) is 0 Å². The van der Waals surface area contributed by atoms with E-state index in [1.807, 2.05) is 31.2 Å². The van der Waals surface area contributed by atoms with Crippen LogP contribution in [-0.4, -0.2) is 31.2 Å². The van der Waals surface area contributed by atoms with E-state index in [9.17, 15) is 9.59 Å². The molecule has 0 saturated carbocycles. The molecule has 0 aromatic heterocycles. The van der Waals surface area contributed by atoms with Gasteiger partial charge in [-0.1, -0.05) is 12.1 Å². The Kier molecular flexibility index (Phi) is 5.04. The topological polar surface area (TPSA) is 79.5 Å². The van der Waals surface area contributed by atoms with Crippen LogP contribution in [0.15, 0.2) is 35.5 Å². The van der Waals surface area contributed by atoms with Gasteiger partial charge in [-0.25, -0.2) is 9.59 Å². The van der Waals surface area contributed by atoms with Crippen molar-refractivity contribution in [2.24, 2.45) is 0 Å². The molecule has 0 saturated heterocycles. The predicted molar refractivity (Wildman–Crippen MR) is 84.5 cm³/mol. The summed E-state index contributed by atoms with van der Waals surface area (Å²) in [7, 11) is 0. The second kappa shape index (κ2) is 6.98. The first-order chi connectivity index (χ1) is 10.5. The molecular weight excluding hydrogens is 282 g/mol. The maximum absolute atomic E-state index is 12.1. The number of urea groups is 1. The molecule has 0 fully saturated rings. The number of anilines is 1. The molecule has 2 amide bonds. The van der Waals surface area contributed by atoms with E-state index in [1.165, 1.54) is 0 Å². The third-order valence-corrected chi connectivity index (χ3v) is 3.35. The summed E-state index contributed by atoms with van der Waals surface area (Å²) in [5.74, 6) is -0.413. The predicted octanol–water partition coefficient (Wildman–Crippen LogP) is 1.93. The van der Waals surface area contributed by atoms with Gasteiger partial charge in [0.05, 0.1) is 30.5 Å². The number of nitrogens with one attached hydrogen (secondary N) is 3. The van der Waals surface area contributed by atoms with Crippen LogP contribution in [0.1, 0.15) is 19.4 Å². The zero-order valence-corrected chi connectivity index (χ0v) is 13.0. The van der Waals surface area contributed by atoms with Crippen LogP contribution < -0.4 is 16.0 Å². The van der Waals surface area contributed by atoms with Gasteiger partial charge in [-0.05, 0) is 38.5 Å². The van der Waals surface area contributed by atoms with Crippen molar-refractivity contribution in [2.75, 3.05) is 18.5 Å². The summed E-state index contributed by atoms with van der Waals surface area (Å²) in [6.45, 7) is 6.15. The van der Waals surface area contributed by atoms with E-state index in [4.69, 9.17) is 4.74 Å². The number of esters is 1. The summed E-state index contributed by atoms with van der Waals surface area (Å²) < 4.78 is 5.07. The van der Waals surface area contributed by atoms with E-state index in [0.717, 1.165) is 11.3 Å². The number of carbonyl (C=O) groups is 2. The minimum absolute atomic E-state index is 0.293. The summed E-state index contributed by atoms with van der Waals surface area (Å²) in [5.41, 5.74) is 3.04. The van der Waals surface area contributed by atoms with Crippen molar-refractivity contribution in [2.45, 2.75) is 26.8 Å². The lowest BCUT2D eigenvalue weighted by molar-refractivity contribution is -0.138. The van der Waals surface area contributed by atoms with Crippen LogP contribution in [0.3, 0.4) is 0 Å². The number of ether oxygens (including phenoxy) is 1. The summed E-state index contributed by atoms with van der Waals surface area (Å²) >= 11 is 0. The third-order valence-electron chi connectivity index (χ3n) is 3.35. The van der Waals surface area contributed by atoms with E-state index >= 15 is 0 Å². The van der Waals surface area contributed by atoms with Gasteiger partial charge in [-0.2, -0.15) is 0 Å². The second-order valence-corrected chi connectivity index (χ2v) is 5.16. The van der Waals surface area contributed by atoms with Gasteiger partial charge in [0, 0.05) is 5.69 Å². The van der Waals surface area contributed by atoms with Crippen molar-refractivity contribution in [1.29, 1.82) is 0 Å². The van der Waals surface area contributed by atoms with Crippen LogP contribution in [0.2, 0.25) is 0 Å². The number of hydrogen-bond acceptors (Lipinski definition) is 4. The molecule has 1 atom stereocenters. The monoisotopic (exact) mass is 303 g/mol. The Labute approximate surface area is 129 Å². The fourth-order valence-electron chi connectivity index (χ4n) is 2.36. The van der Waals surface area contributed by atoms with Crippen LogP contribution in [0, 0.1) is 6.92 Å². The van der Waals surface area contributed by atoms with Gasteiger partial charge in [0.2, 0.25) is 0 Å². The third kappa shape index (κ3) is 3.78. The molecule has 6 heteroatoms. The van der Waals surface area contributed by atoms with Gasteiger partial charge in [0.1, 0.15) is 0 Å². The highest BCUT2D eigenvalue weighted by atomic mass is 16.5. The molecule has 0 spiro atoms. The Morgan fingerprint density at radius 2 is 2.18 bits per heavy atom. The molecule has 118 valence electrons. The Morgan fingerprint density at radius 3 is 2.86 bits per heavy atom. The molecule has 1 aliphatic heterocycles. The number of benzene rings is 1. The fourth-order valence-corrected chi connectivity index (χ4v) is 2.36. The molecule has 1 aliphatic rings. The Bertz CT molecular complexity index is 610. The van der Waals surface area contributed by atoms with Gasteiger partial charge >= 0.3 is 12.0 Å². The van der Waals surface area contributed by atoms with Gasteiger partial charge in [0.15, 0.2) is 0 Å². The average molecular weight is 303 g/mol. The first-order valence-electron chi connectivity index (χ1n) is 7.29. The van der Waals surface area contributed by atoms with Gasteiger partial charge < -0.3 is 20.7 Å². The quantitative estimate of drug-likeness (QED) is 0.726. The van der Waals surface area contributed by atoms with Crippen molar-refractivity contribution >= 4 is 17.7 Å². The van der Waals surface area contributed by atoms with Crippen LogP contribution in [0.4, 0.5) is 10.5 Å². The average Bonchev–Trinajstić information content (AvgIpc) is 2.44. The summed E-state index contributed by atoms with van der Waals surface area (Å²) in [6, 6.07) is 7.18. The molecule has 2 rings (SSSR count). The Balaban J connectivity index is 2.20. The van der Waals surface area contributed by atoms with E-state index in [1.54, 1.807) is 13.8 Å². The number of carbonyl (C=O) groups excluding carboxylic acids is 2. The first-order valence-corrected chi connectivity index (χ1v) is 7.29.